The summed E-state index contributed by atoms with van der Waals surface area (Å²) in [7, 11) is 1.59. The van der Waals surface area contributed by atoms with E-state index in [9.17, 15) is 9.59 Å². The van der Waals surface area contributed by atoms with Gasteiger partial charge in [0, 0.05) is 12.2 Å². The lowest BCUT2D eigenvalue weighted by Gasteiger charge is -2.36. The molecule has 0 fully saturated rings. The topological polar surface area (TPSA) is 89.5 Å². The van der Waals surface area contributed by atoms with Crippen LogP contribution in [0, 0.1) is 5.92 Å². The molecule has 1 atom stereocenters. The Morgan fingerprint density at radius 1 is 1.13 bits per heavy atom. The third kappa shape index (κ3) is 6.65. The first-order chi connectivity index (χ1) is 18.8. The number of allylic oxidation sites excluding steroid dienone is 1. The quantitative estimate of drug-likeness (QED) is 0.366. The number of rotatable bonds is 11. The second-order valence-electron chi connectivity index (χ2n) is 9.67. The summed E-state index contributed by atoms with van der Waals surface area (Å²) in [5.41, 5.74) is 3.61. The first kappa shape index (κ1) is 28.3. The van der Waals surface area contributed by atoms with Gasteiger partial charge in [-0.15, -0.1) is 0 Å². The SMILES string of the molecule is CCOC(=O)C1=C(C)N=C2SC=C(CC(=O)NCC(C)C)N2C1c1ccc(OCc2ccccc2)c(OC)c1. The van der Waals surface area contributed by atoms with Crippen molar-refractivity contribution in [3.05, 3.63) is 82.0 Å². The van der Waals surface area contributed by atoms with E-state index >= 15 is 0 Å². The number of esters is 1. The maximum atomic E-state index is 13.2. The maximum Gasteiger partial charge on any atom is 0.338 e. The number of amidine groups is 1. The first-order valence-electron chi connectivity index (χ1n) is 13.0. The molecule has 2 heterocycles. The van der Waals surface area contributed by atoms with Crippen LogP contribution < -0.4 is 14.8 Å². The van der Waals surface area contributed by atoms with Crippen LogP contribution >= 0.6 is 11.8 Å². The van der Waals surface area contributed by atoms with Crippen LogP contribution in [-0.4, -0.2) is 42.2 Å². The summed E-state index contributed by atoms with van der Waals surface area (Å²) < 4.78 is 17.2. The number of hydrogen-bond donors (Lipinski definition) is 1. The highest BCUT2D eigenvalue weighted by Gasteiger charge is 2.41. The minimum Gasteiger partial charge on any atom is -0.493 e. The van der Waals surface area contributed by atoms with Gasteiger partial charge in [-0.05, 0) is 48.4 Å². The summed E-state index contributed by atoms with van der Waals surface area (Å²) >= 11 is 1.44. The zero-order valence-electron chi connectivity index (χ0n) is 23.0. The molecule has 0 saturated carbocycles. The third-order valence-electron chi connectivity index (χ3n) is 6.29. The molecule has 4 rings (SSSR count). The van der Waals surface area contributed by atoms with Crippen molar-refractivity contribution in [1.82, 2.24) is 10.2 Å². The fraction of sp³-hybridized carbons (Fsp3) is 0.367. The van der Waals surface area contributed by atoms with Gasteiger partial charge in [0.25, 0.3) is 0 Å². The summed E-state index contributed by atoms with van der Waals surface area (Å²) in [6.45, 7) is 8.92. The Morgan fingerprint density at radius 2 is 1.90 bits per heavy atom. The smallest absolute Gasteiger partial charge is 0.338 e. The van der Waals surface area contributed by atoms with E-state index in [0.29, 0.717) is 47.0 Å². The number of hydrogen-bond acceptors (Lipinski definition) is 8. The Labute approximate surface area is 234 Å². The number of carbonyl (C=O) groups is 2. The van der Waals surface area contributed by atoms with Crippen LogP contribution in [0.4, 0.5) is 0 Å². The normalized spacial score (nSPS) is 16.5. The van der Waals surface area contributed by atoms with Gasteiger partial charge < -0.3 is 24.4 Å². The second-order valence-corrected chi connectivity index (χ2v) is 10.5. The van der Waals surface area contributed by atoms with Gasteiger partial charge in [0.05, 0.1) is 37.4 Å². The van der Waals surface area contributed by atoms with E-state index in [4.69, 9.17) is 19.2 Å². The number of fused-ring (bicyclic) bond motifs is 1. The zero-order chi connectivity index (χ0) is 27.9. The van der Waals surface area contributed by atoms with Gasteiger partial charge in [-0.1, -0.05) is 62.0 Å². The van der Waals surface area contributed by atoms with Gasteiger partial charge in [-0.3, -0.25) is 4.79 Å². The van der Waals surface area contributed by atoms with Gasteiger partial charge in [0.2, 0.25) is 5.91 Å². The maximum absolute atomic E-state index is 13.2. The summed E-state index contributed by atoms with van der Waals surface area (Å²) in [5.74, 6) is 0.957. The standard InChI is InChI=1S/C30H35N3O5S/c1-6-37-29(35)27-20(4)32-30-33(23(18-39-30)15-26(34)31-16-19(2)3)28(27)22-12-13-24(25(14-22)36-5)38-17-21-10-8-7-9-11-21/h7-14,18-19,28H,6,15-17H2,1-5H3,(H,31,34). The van der Waals surface area contributed by atoms with Crippen molar-refractivity contribution in [2.24, 2.45) is 10.9 Å². The molecule has 39 heavy (non-hydrogen) atoms. The van der Waals surface area contributed by atoms with Crippen LogP contribution in [0.1, 0.15) is 51.3 Å². The van der Waals surface area contributed by atoms with Crippen LogP contribution in [0.5, 0.6) is 11.5 Å². The molecule has 2 aromatic carbocycles. The molecule has 0 radical (unpaired) electrons. The Morgan fingerprint density at radius 3 is 2.59 bits per heavy atom. The van der Waals surface area contributed by atoms with Crippen LogP contribution in [-0.2, 0) is 20.9 Å². The molecular formula is C30H35N3O5S. The average molecular weight is 550 g/mol. The van der Waals surface area contributed by atoms with Crippen molar-refractivity contribution < 1.29 is 23.8 Å². The fourth-order valence-corrected chi connectivity index (χ4v) is 5.37. The molecule has 8 nitrogen and oxygen atoms in total. The van der Waals surface area contributed by atoms with Gasteiger partial charge in [-0.25, -0.2) is 9.79 Å². The van der Waals surface area contributed by atoms with E-state index in [-0.39, 0.29) is 18.9 Å². The van der Waals surface area contributed by atoms with E-state index in [1.54, 1.807) is 14.0 Å². The predicted octanol–water partition coefficient (Wildman–Crippen LogP) is 5.57. The molecule has 1 unspecified atom stereocenters. The Bertz CT molecular complexity index is 1300. The predicted molar refractivity (Wildman–Crippen MR) is 153 cm³/mol. The number of ether oxygens (including phenoxy) is 3. The number of benzene rings is 2. The Balaban J connectivity index is 1.68. The number of aliphatic imine (C=N–C) groups is 1. The number of methoxy groups -OCH3 is 1. The summed E-state index contributed by atoms with van der Waals surface area (Å²) in [5, 5.41) is 5.62. The van der Waals surface area contributed by atoms with E-state index in [0.717, 1.165) is 16.8 Å². The largest absolute Gasteiger partial charge is 0.493 e. The molecule has 206 valence electrons. The zero-order valence-corrected chi connectivity index (χ0v) is 23.8. The van der Waals surface area contributed by atoms with Crippen molar-refractivity contribution in [1.29, 1.82) is 0 Å². The van der Waals surface area contributed by atoms with Gasteiger partial charge >= 0.3 is 5.97 Å². The second kappa shape index (κ2) is 12.9. The lowest BCUT2D eigenvalue weighted by atomic mass is 9.93. The van der Waals surface area contributed by atoms with E-state index in [2.05, 4.69) is 19.2 Å². The lowest BCUT2D eigenvalue weighted by Crippen LogP contribution is -2.38. The van der Waals surface area contributed by atoms with Gasteiger partial charge in [-0.2, -0.15) is 0 Å². The monoisotopic (exact) mass is 549 g/mol. The molecule has 0 aliphatic carbocycles. The number of nitrogens with one attached hydrogen (secondary N) is 1. The Kier molecular flexibility index (Phi) is 9.35. The molecule has 0 saturated heterocycles. The minimum atomic E-state index is -0.548. The first-order valence-corrected chi connectivity index (χ1v) is 13.9. The summed E-state index contributed by atoms with van der Waals surface area (Å²) in [6.07, 6.45) is 0.166. The van der Waals surface area contributed by atoms with Crippen LogP contribution in [0.2, 0.25) is 0 Å². The lowest BCUT2D eigenvalue weighted by molar-refractivity contribution is -0.139. The molecule has 2 aliphatic rings. The molecule has 9 heteroatoms. The molecule has 1 N–H and O–H groups in total. The molecule has 0 spiro atoms. The van der Waals surface area contributed by atoms with Gasteiger partial charge in [0.1, 0.15) is 6.61 Å². The number of amides is 1. The van der Waals surface area contributed by atoms with Crippen molar-refractivity contribution in [2.75, 3.05) is 20.3 Å². The molecular weight excluding hydrogens is 514 g/mol. The third-order valence-corrected chi connectivity index (χ3v) is 7.17. The van der Waals surface area contributed by atoms with Crippen molar-refractivity contribution >= 4 is 28.8 Å². The number of carbonyl (C=O) groups excluding carboxylic acids is 2. The van der Waals surface area contributed by atoms with Crippen molar-refractivity contribution in [3.8, 4) is 11.5 Å². The number of thioether (sulfide) groups is 1. The fourth-order valence-electron chi connectivity index (χ4n) is 4.41. The molecule has 0 aromatic heterocycles. The van der Waals surface area contributed by atoms with Crippen molar-refractivity contribution in [2.45, 2.75) is 46.8 Å². The van der Waals surface area contributed by atoms with Crippen LogP contribution in [0.25, 0.3) is 0 Å². The molecule has 1 amide bonds. The van der Waals surface area contributed by atoms with Crippen molar-refractivity contribution in [3.63, 3.8) is 0 Å². The number of nitrogens with zero attached hydrogens (tertiary/aromatic N) is 2. The van der Waals surface area contributed by atoms with Crippen LogP contribution in [0.3, 0.4) is 0 Å². The minimum absolute atomic E-state index is 0.0817. The molecule has 2 aliphatic heterocycles. The van der Waals surface area contributed by atoms with E-state index < -0.39 is 12.0 Å². The summed E-state index contributed by atoms with van der Waals surface area (Å²) in [4.78, 5) is 32.7. The highest BCUT2D eigenvalue weighted by molar-refractivity contribution is 8.16. The molecule has 0 bridgehead atoms. The van der Waals surface area contributed by atoms with E-state index in [1.807, 2.05) is 65.8 Å². The highest BCUT2D eigenvalue weighted by Crippen LogP contribution is 2.46. The summed E-state index contributed by atoms with van der Waals surface area (Å²) in [6, 6.07) is 15.0. The van der Waals surface area contributed by atoms with E-state index in [1.165, 1.54) is 11.8 Å². The molecule has 2 aromatic rings. The van der Waals surface area contributed by atoms with Crippen LogP contribution in [0.15, 0.2) is 75.9 Å². The Hall–Kier alpha value is -3.72. The van der Waals surface area contributed by atoms with Gasteiger partial charge in [0.15, 0.2) is 16.7 Å². The average Bonchev–Trinajstić information content (AvgIpc) is 3.32. The highest BCUT2D eigenvalue weighted by atomic mass is 32.2.